The van der Waals surface area contributed by atoms with Crippen LogP contribution in [-0.4, -0.2) is 37.6 Å². The average molecular weight is 494 g/mol. The van der Waals surface area contributed by atoms with Crippen molar-refractivity contribution in [2.24, 2.45) is 0 Å². The van der Waals surface area contributed by atoms with Crippen molar-refractivity contribution in [3.63, 3.8) is 0 Å². The fourth-order valence-corrected chi connectivity index (χ4v) is 5.73. The highest BCUT2D eigenvalue weighted by Gasteiger charge is 2.46. The first-order valence-electron chi connectivity index (χ1n) is 13.0. The summed E-state index contributed by atoms with van der Waals surface area (Å²) in [6, 6.07) is 24.3. The number of anilines is 1. The third-order valence-corrected chi connectivity index (χ3v) is 8.07. The van der Waals surface area contributed by atoms with E-state index in [9.17, 15) is 4.79 Å². The summed E-state index contributed by atoms with van der Waals surface area (Å²) in [4.78, 5) is 18.2. The van der Waals surface area contributed by atoms with Crippen molar-refractivity contribution in [1.82, 2.24) is 4.90 Å². The SMILES string of the molecule is COc1ccc2c(c1)C1(CCN(Cc3ccc(C#N)cc3)CC1)CN2C(=O)c1ccc(C(C)(C)C)cc1. The molecule has 2 aliphatic heterocycles. The Hall–Kier alpha value is -3.62. The predicted octanol–water partition coefficient (Wildman–Crippen LogP) is 6.06. The minimum absolute atomic E-state index is 0.0498. The van der Waals surface area contributed by atoms with E-state index in [1.54, 1.807) is 7.11 Å². The summed E-state index contributed by atoms with van der Waals surface area (Å²) in [5.74, 6) is 0.894. The van der Waals surface area contributed by atoms with Crippen molar-refractivity contribution in [3.8, 4) is 11.8 Å². The van der Waals surface area contributed by atoms with Gasteiger partial charge in [0.05, 0.1) is 18.7 Å². The number of ether oxygens (including phenoxy) is 1. The highest BCUT2D eigenvalue weighted by atomic mass is 16.5. The van der Waals surface area contributed by atoms with Crippen molar-refractivity contribution >= 4 is 11.6 Å². The van der Waals surface area contributed by atoms with Crippen LogP contribution in [0.2, 0.25) is 0 Å². The number of carbonyl (C=O) groups is 1. The quantitative estimate of drug-likeness (QED) is 0.443. The van der Waals surface area contributed by atoms with E-state index in [1.165, 1.54) is 16.7 Å². The summed E-state index contributed by atoms with van der Waals surface area (Å²) in [7, 11) is 1.70. The van der Waals surface area contributed by atoms with Crippen LogP contribution in [-0.2, 0) is 17.4 Å². The fourth-order valence-electron chi connectivity index (χ4n) is 5.73. The zero-order chi connectivity index (χ0) is 26.2. The lowest BCUT2D eigenvalue weighted by atomic mass is 9.74. The number of hydrogen-bond donors (Lipinski definition) is 0. The molecular formula is C32H35N3O2. The van der Waals surface area contributed by atoms with Gasteiger partial charge in [-0.05, 0) is 90.5 Å². The van der Waals surface area contributed by atoms with Crippen LogP contribution in [0.1, 0.15) is 66.2 Å². The summed E-state index contributed by atoms with van der Waals surface area (Å²) in [5, 5.41) is 9.07. The molecular weight excluding hydrogens is 458 g/mol. The van der Waals surface area contributed by atoms with Gasteiger partial charge in [-0.15, -0.1) is 0 Å². The van der Waals surface area contributed by atoms with Gasteiger partial charge in [0.15, 0.2) is 0 Å². The Balaban J connectivity index is 1.37. The smallest absolute Gasteiger partial charge is 0.258 e. The number of nitriles is 1. The molecule has 0 bridgehead atoms. The number of nitrogens with zero attached hydrogens (tertiary/aromatic N) is 3. The van der Waals surface area contributed by atoms with E-state index in [4.69, 9.17) is 10.00 Å². The molecule has 0 N–H and O–H groups in total. The molecule has 1 fully saturated rings. The summed E-state index contributed by atoms with van der Waals surface area (Å²) in [5.41, 5.74) is 6.07. The maximum atomic E-state index is 13.8. The van der Waals surface area contributed by atoms with Gasteiger partial charge in [0.2, 0.25) is 0 Å². The van der Waals surface area contributed by atoms with Gasteiger partial charge in [-0.3, -0.25) is 9.69 Å². The van der Waals surface area contributed by atoms with E-state index in [0.29, 0.717) is 12.1 Å². The van der Waals surface area contributed by atoms with E-state index in [1.807, 2.05) is 53.4 Å². The highest BCUT2D eigenvalue weighted by molar-refractivity contribution is 6.07. The number of piperidine rings is 1. The molecule has 37 heavy (non-hydrogen) atoms. The second-order valence-electron chi connectivity index (χ2n) is 11.5. The second kappa shape index (κ2) is 9.68. The van der Waals surface area contributed by atoms with E-state index < -0.39 is 0 Å². The Bertz CT molecular complexity index is 1320. The second-order valence-corrected chi connectivity index (χ2v) is 11.5. The molecule has 0 aromatic heterocycles. The molecule has 1 spiro atoms. The maximum absolute atomic E-state index is 13.8. The van der Waals surface area contributed by atoms with Crippen LogP contribution in [0.25, 0.3) is 0 Å². The van der Waals surface area contributed by atoms with Crippen LogP contribution in [0, 0.1) is 11.3 Å². The van der Waals surface area contributed by atoms with Crippen LogP contribution < -0.4 is 9.64 Å². The molecule has 5 rings (SSSR count). The lowest BCUT2D eigenvalue weighted by Gasteiger charge is -2.40. The molecule has 0 aliphatic carbocycles. The minimum atomic E-state index is -0.0773. The van der Waals surface area contributed by atoms with Gasteiger partial charge in [-0.1, -0.05) is 45.0 Å². The number of hydrogen-bond acceptors (Lipinski definition) is 4. The molecule has 1 amide bonds. The normalized spacial score (nSPS) is 16.9. The molecule has 1 saturated heterocycles. The van der Waals surface area contributed by atoms with Crippen LogP contribution in [0.3, 0.4) is 0 Å². The average Bonchev–Trinajstić information content (AvgIpc) is 3.22. The number of fused-ring (bicyclic) bond motifs is 2. The number of amides is 1. The Morgan fingerprint density at radius 2 is 1.68 bits per heavy atom. The monoisotopic (exact) mass is 493 g/mol. The number of carbonyl (C=O) groups excluding carboxylic acids is 1. The maximum Gasteiger partial charge on any atom is 0.258 e. The number of benzene rings is 3. The van der Waals surface area contributed by atoms with Gasteiger partial charge in [-0.2, -0.15) is 5.26 Å². The predicted molar refractivity (Wildman–Crippen MR) is 147 cm³/mol. The zero-order valence-corrected chi connectivity index (χ0v) is 22.3. The van der Waals surface area contributed by atoms with Gasteiger partial charge >= 0.3 is 0 Å². The number of methoxy groups -OCH3 is 1. The molecule has 3 aromatic carbocycles. The van der Waals surface area contributed by atoms with E-state index >= 15 is 0 Å². The van der Waals surface area contributed by atoms with Crippen molar-refractivity contribution < 1.29 is 9.53 Å². The van der Waals surface area contributed by atoms with Crippen molar-refractivity contribution in [2.45, 2.75) is 51.0 Å². The minimum Gasteiger partial charge on any atom is -0.497 e. The molecule has 0 saturated carbocycles. The first-order chi connectivity index (χ1) is 17.7. The topological polar surface area (TPSA) is 56.6 Å². The first kappa shape index (κ1) is 25.0. The summed E-state index contributed by atoms with van der Waals surface area (Å²) in [6.45, 7) is 10.0. The fraction of sp³-hybridized carbons (Fsp3) is 0.375. The third-order valence-electron chi connectivity index (χ3n) is 8.07. The Labute approximate surface area is 220 Å². The Kier molecular flexibility index (Phi) is 6.56. The highest BCUT2D eigenvalue weighted by Crippen LogP contribution is 2.49. The molecule has 190 valence electrons. The van der Waals surface area contributed by atoms with E-state index in [0.717, 1.165) is 49.5 Å². The molecule has 0 atom stereocenters. The summed E-state index contributed by atoms with van der Waals surface area (Å²) < 4.78 is 5.58. The summed E-state index contributed by atoms with van der Waals surface area (Å²) in [6.07, 6.45) is 1.96. The Morgan fingerprint density at radius 1 is 1.00 bits per heavy atom. The molecule has 0 unspecified atom stereocenters. The lowest BCUT2D eigenvalue weighted by molar-refractivity contribution is 0.0975. The third kappa shape index (κ3) is 4.86. The van der Waals surface area contributed by atoms with Gasteiger partial charge in [0.25, 0.3) is 5.91 Å². The van der Waals surface area contributed by atoms with Gasteiger partial charge in [0, 0.05) is 29.8 Å². The summed E-state index contributed by atoms with van der Waals surface area (Å²) >= 11 is 0. The van der Waals surface area contributed by atoms with E-state index in [-0.39, 0.29) is 16.7 Å². The molecule has 3 aromatic rings. The van der Waals surface area contributed by atoms with E-state index in [2.05, 4.69) is 49.9 Å². The van der Waals surface area contributed by atoms with Crippen LogP contribution in [0.15, 0.2) is 66.7 Å². The van der Waals surface area contributed by atoms with Crippen LogP contribution in [0.4, 0.5) is 5.69 Å². The molecule has 0 radical (unpaired) electrons. The van der Waals surface area contributed by atoms with Crippen LogP contribution >= 0.6 is 0 Å². The standard InChI is InChI=1S/C32H35N3O2/c1-31(2,3)26-11-9-25(10-12-26)30(36)35-22-32(28-19-27(37-4)13-14-29(28)35)15-17-34(18-16-32)21-24-7-5-23(20-33)6-8-24/h5-14,19H,15-18,21-22H2,1-4H3. The zero-order valence-electron chi connectivity index (χ0n) is 22.3. The molecule has 2 heterocycles. The van der Waals surface area contributed by atoms with Crippen molar-refractivity contribution in [3.05, 3.63) is 94.5 Å². The van der Waals surface area contributed by atoms with Crippen LogP contribution in [0.5, 0.6) is 5.75 Å². The van der Waals surface area contributed by atoms with Crippen molar-refractivity contribution in [2.75, 3.05) is 31.6 Å². The molecule has 5 heteroatoms. The first-order valence-corrected chi connectivity index (χ1v) is 13.0. The molecule has 2 aliphatic rings. The van der Waals surface area contributed by atoms with Gasteiger partial charge < -0.3 is 9.64 Å². The van der Waals surface area contributed by atoms with Gasteiger partial charge in [0.1, 0.15) is 5.75 Å². The van der Waals surface area contributed by atoms with Gasteiger partial charge in [-0.25, -0.2) is 0 Å². The lowest BCUT2D eigenvalue weighted by Crippen LogP contribution is -2.45. The number of likely N-dealkylation sites (tertiary alicyclic amines) is 1. The largest absolute Gasteiger partial charge is 0.497 e. The Morgan fingerprint density at radius 3 is 2.27 bits per heavy atom. The number of rotatable bonds is 4. The van der Waals surface area contributed by atoms with Crippen molar-refractivity contribution in [1.29, 1.82) is 5.26 Å². The molecule has 5 nitrogen and oxygen atoms in total.